The Morgan fingerprint density at radius 3 is 2.74 bits per heavy atom. The van der Waals surface area contributed by atoms with Crippen molar-refractivity contribution in [2.45, 2.75) is 44.6 Å². The van der Waals surface area contributed by atoms with Crippen molar-refractivity contribution in [3.05, 3.63) is 0 Å². The zero-order valence-electron chi connectivity index (χ0n) is 12.1. The number of hydrogen-bond acceptors (Lipinski definition) is 3. The lowest BCUT2D eigenvalue weighted by atomic mass is 9.92. The van der Waals surface area contributed by atoms with Crippen molar-refractivity contribution in [2.24, 2.45) is 5.92 Å². The van der Waals surface area contributed by atoms with Crippen LogP contribution < -0.4 is 5.32 Å². The van der Waals surface area contributed by atoms with Crippen LogP contribution in [0.25, 0.3) is 0 Å². The minimum atomic E-state index is -0.300. The molecule has 0 aromatic heterocycles. The highest BCUT2D eigenvalue weighted by atomic mass is 35.5. The monoisotopic (exact) mass is 290 g/mol. The number of likely N-dealkylation sites (N-methyl/N-ethyl adjacent to an activating group) is 1. The predicted octanol–water partition coefficient (Wildman–Crippen LogP) is 1.83. The van der Waals surface area contributed by atoms with Crippen molar-refractivity contribution in [3.8, 4) is 0 Å². The second kappa shape index (κ2) is 7.46. The third-order valence-corrected chi connectivity index (χ3v) is 4.22. The number of ether oxygens (including phenoxy) is 1. The largest absolute Gasteiger partial charge is 0.379 e. The van der Waals surface area contributed by atoms with E-state index in [0.29, 0.717) is 13.2 Å². The highest BCUT2D eigenvalue weighted by Gasteiger charge is 2.40. The Kier molecular flexibility index (Phi) is 6.57. The average Bonchev–Trinajstić information content (AvgIpc) is 3.08. The van der Waals surface area contributed by atoms with Crippen molar-refractivity contribution in [1.82, 2.24) is 10.2 Å². The summed E-state index contributed by atoms with van der Waals surface area (Å²) in [5, 5.41) is 3.39. The van der Waals surface area contributed by atoms with Crippen LogP contribution in [0.15, 0.2) is 0 Å². The first kappa shape index (κ1) is 16.7. The van der Waals surface area contributed by atoms with Crippen LogP contribution in [-0.4, -0.2) is 49.7 Å². The Morgan fingerprint density at radius 2 is 2.21 bits per heavy atom. The molecule has 2 fully saturated rings. The molecule has 5 heteroatoms. The predicted molar refractivity (Wildman–Crippen MR) is 78.7 cm³/mol. The molecule has 1 atom stereocenters. The van der Waals surface area contributed by atoms with Crippen LogP contribution in [0.2, 0.25) is 0 Å². The number of halogens is 1. The molecule has 2 rings (SSSR count). The number of rotatable bonds is 7. The zero-order chi connectivity index (χ0) is 13.0. The van der Waals surface area contributed by atoms with Gasteiger partial charge >= 0.3 is 0 Å². The maximum absolute atomic E-state index is 12.4. The number of nitrogens with zero attached hydrogens (tertiary/aromatic N) is 1. The smallest absolute Gasteiger partial charge is 0.242 e. The van der Waals surface area contributed by atoms with Gasteiger partial charge in [-0.3, -0.25) is 4.79 Å². The molecular formula is C14H27ClN2O2. The van der Waals surface area contributed by atoms with Crippen molar-refractivity contribution < 1.29 is 9.53 Å². The second-order valence-corrected chi connectivity index (χ2v) is 5.71. The fourth-order valence-corrected chi connectivity index (χ4v) is 2.64. The van der Waals surface area contributed by atoms with Gasteiger partial charge in [-0.25, -0.2) is 0 Å². The summed E-state index contributed by atoms with van der Waals surface area (Å²) in [6, 6.07) is 0. The lowest BCUT2D eigenvalue weighted by molar-refractivity contribution is -0.137. The maximum atomic E-state index is 12.4. The highest BCUT2D eigenvalue weighted by Crippen LogP contribution is 2.28. The van der Waals surface area contributed by atoms with Crippen LogP contribution in [0.5, 0.6) is 0 Å². The minimum Gasteiger partial charge on any atom is -0.379 e. The van der Waals surface area contributed by atoms with Gasteiger partial charge in [-0.15, -0.1) is 12.4 Å². The van der Waals surface area contributed by atoms with Crippen molar-refractivity contribution >= 4 is 18.3 Å². The molecular weight excluding hydrogens is 264 g/mol. The normalized spacial score (nSPS) is 26.0. The Bertz CT molecular complexity index is 289. The van der Waals surface area contributed by atoms with E-state index in [1.807, 2.05) is 11.9 Å². The number of carbonyl (C=O) groups excluding carboxylic acids is 1. The van der Waals surface area contributed by atoms with Gasteiger partial charge in [0, 0.05) is 20.2 Å². The van der Waals surface area contributed by atoms with Crippen LogP contribution >= 0.6 is 12.4 Å². The van der Waals surface area contributed by atoms with Crippen LogP contribution in [0.4, 0.5) is 0 Å². The molecule has 0 aromatic rings. The first-order chi connectivity index (χ1) is 8.68. The number of nitrogens with one attached hydrogen (secondary N) is 1. The van der Waals surface area contributed by atoms with Crippen molar-refractivity contribution in [2.75, 3.05) is 33.4 Å². The molecule has 1 amide bonds. The van der Waals surface area contributed by atoms with Crippen molar-refractivity contribution in [1.29, 1.82) is 0 Å². The maximum Gasteiger partial charge on any atom is 0.242 e. The lowest BCUT2D eigenvalue weighted by Crippen LogP contribution is -2.54. The third kappa shape index (κ3) is 4.33. The van der Waals surface area contributed by atoms with E-state index in [2.05, 4.69) is 12.2 Å². The molecule has 1 saturated heterocycles. The molecule has 1 heterocycles. The summed E-state index contributed by atoms with van der Waals surface area (Å²) in [5.74, 6) is 1.03. The van der Waals surface area contributed by atoms with E-state index in [4.69, 9.17) is 4.74 Å². The van der Waals surface area contributed by atoms with Gasteiger partial charge in [-0.05, 0) is 44.6 Å². The quantitative estimate of drug-likeness (QED) is 0.727. The SMILES string of the molecule is CCC1(C(=O)N(C)CCOCC2CC2)CCCN1.Cl. The molecule has 19 heavy (non-hydrogen) atoms. The minimum absolute atomic E-state index is 0. The van der Waals surface area contributed by atoms with Crippen molar-refractivity contribution in [3.63, 3.8) is 0 Å². The molecule has 1 aliphatic carbocycles. The van der Waals surface area contributed by atoms with E-state index in [0.717, 1.165) is 38.3 Å². The Morgan fingerprint density at radius 1 is 1.47 bits per heavy atom. The third-order valence-electron chi connectivity index (χ3n) is 4.22. The molecule has 0 aromatic carbocycles. The van der Waals surface area contributed by atoms with Crippen LogP contribution in [0.3, 0.4) is 0 Å². The highest BCUT2D eigenvalue weighted by molar-refractivity contribution is 5.86. The summed E-state index contributed by atoms with van der Waals surface area (Å²) in [6.45, 7) is 5.30. The summed E-state index contributed by atoms with van der Waals surface area (Å²) in [6.07, 6.45) is 5.58. The van der Waals surface area contributed by atoms with Gasteiger partial charge in [-0.2, -0.15) is 0 Å². The molecule has 112 valence electrons. The number of carbonyl (C=O) groups is 1. The standard InChI is InChI=1S/C14H26N2O2.ClH/c1-3-14(7-4-8-15-14)13(17)16(2)9-10-18-11-12-5-6-12;/h12,15H,3-11H2,1-2H3;1H. The van der Waals surface area contributed by atoms with E-state index in [9.17, 15) is 4.79 Å². The van der Waals surface area contributed by atoms with E-state index >= 15 is 0 Å². The summed E-state index contributed by atoms with van der Waals surface area (Å²) in [5.41, 5.74) is -0.300. The second-order valence-electron chi connectivity index (χ2n) is 5.71. The van der Waals surface area contributed by atoms with E-state index in [1.165, 1.54) is 12.8 Å². The van der Waals surface area contributed by atoms with Crippen LogP contribution in [-0.2, 0) is 9.53 Å². The van der Waals surface area contributed by atoms with Gasteiger partial charge in [0.2, 0.25) is 5.91 Å². The first-order valence-electron chi connectivity index (χ1n) is 7.26. The first-order valence-corrected chi connectivity index (χ1v) is 7.26. The number of amides is 1. The Hall–Kier alpha value is -0.320. The van der Waals surface area contributed by atoms with Crippen LogP contribution in [0, 0.1) is 5.92 Å². The molecule has 4 nitrogen and oxygen atoms in total. The Labute approximate surface area is 122 Å². The van der Waals surface area contributed by atoms with Gasteiger partial charge in [0.1, 0.15) is 0 Å². The van der Waals surface area contributed by atoms with Crippen LogP contribution in [0.1, 0.15) is 39.0 Å². The fourth-order valence-electron chi connectivity index (χ4n) is 2.64. The van der Waals surface area contributed by atoms with Gasteiger partial charge in [0.05, 0.1) is 12.1 Å². The van der Waals surface area contributed by atoms with E-state index in [-0.39, 0.29) is 23.9 Å². The zero-order valence-corrected chi connectivity index (χ0v) is 12.9. The topological polar surface area (TPSA) is 41.6 Å². The molecule has 0 radical (unpaired) electrons. The molecule has 1 saturated carbocycles. The summed E-state index contributed by atoms with van der Waals surface area (Å²) < 4.78 is 5.59. The lowest BCUT2D eigenvalue weighted by Gasteiger charge is -2.31. The fraction of sp³-hybridized carbons (Fsp3) is 0.929. The molecule has 1 N–H and O–H groups in total. The molecule has 0 bridgehead atoms. The van der Waals surface area contributed by atoms with Gasteiger partial charge in [0.25, 0.3) is 0 Å². The molecule has 0 spiro atoms. The molecule has 1 aliphatic heterocycles. The molecule has 1 unspecified atom stereocenters. The molecule has 2 aliphatic rings. The van der Waals surface area contributed by atoms with E-state index < -0.39 is 0 Å². The summed E-state index contributed by atoms with van der Waals surface area (Å²) >= 11 is 0. The number of hydrogen-bond donors (Lipinski definition) is 1. The van der Waals surface area contributed by atoms with Gasteiger partial charge in [-0.1, -0.05) is 6.92 Å². The summed E-state index contributed by atoms with van der Waals surface area (Å²) in [7, 11) is 1.89. The summed E-state index contributed by atoms with van der Waals surface area (Å²) in [4.78, 5) is 14.3. The Balaban J connectivity index is 0.00000180. The van der Waals surface area contributed by atoms with Gasteiger partial charge < -0.3 is 15.0 Å². The van der Waals surface area contributed by atoms with E-state index in [1.54, 1.807) is 0 Å². The average molecular weight is 291 g/mol. The van der Waals surface area contributed by atoms with Gasteiger partial charge in [0.15, 0.2) is 0 Å².